The molecule has 20 heavy (non-hydrogen) atoms. The van der Waals surface area contributed by atoms with Crippen LogP contribution >= 0.6 is 0 Å². The first-order valence-corrected chi connectivity index (χ1v) is 7.41. The fourth-order valence-corrected chi connectivity index (χ4v) is 2.50. The first kappa shape index (κ1) is 14.9. The Hall–Kier alpha value is -1.55. The highest BCUT2D eigenvalue weighted by Crippen LogP contribution is 2.18. The molecular weight excluding hydrogens is 250 g/mol. The predicted octanol–water partition coefficient (Wildman–Crippen LogP) is 2.40. The molecule has 0 spiro atoms. The van der Waals surface area contributed by atoms with E-state index in [9.17, 15) is 4.79 Å². The van der Waals surface area contributed by atoms with E-state index in [1.807, 2.05) is 11.9 Å². The molecule has 4 nitrogen and oxygen atoms in total. The van der Waals surface area contributed by atoms with Crippen molar-refractivity contribution in [2.45, 2.75) is 26.3 Å². The summed E-state index contributed by atoms with van der Waals surface area (Å²) < 4.78 is 0. The zero-order valence-electron chi connectivity index (χ0n) is 12.7. The maximum atomic E-state index is 12.0. The number of nitrogens with one attached hydrogen (secondary N) is 1. The fraction of sp³-hybridized carbons (Fsp3) is 0.562. The van der Waals surface area contributed by atoms with E-state index >= 15 is 0 Å². The van der Waals surface area contributed by atoms with Crippen LogP contribution in [-0.2, 0) is 0 Å². The Labute approximate surface area is 121 Å². The van der Waals surface area contributed by atoms with Gasteiger partial charge in [-0.2, -0.15) is 0 Å². The maximum Gasteiger partial charge on any atom is 0.319 e. The topological polar surface area (TPSA) is 35.6 Å². The standard InChI is InChI=1S/C16H25N3O/c1-4-9-17-15(14-7-5-13(2)6-8-14)12-19-11-10-18(3)16(19)20/h5-8,15,17H,4,9-12H2,1-3H3. The van der Waals surface area contributed by atoms with E-state index < -0.39 is 0 Å². The van der Waals surface area contributed by atoms with Gasteiger partial charge in [-0.25, -0.2) is 4.79 Å². The Balaban J connectivity index is 2.07. The van der Waals surface area contributed by atoms with Crippen molar-refractivity contribution in [1.29, 1.82) is 0 Å². The molecule has 0 aliphatic carbocycles. The summed E-state index contributed by atoms with van der Waals surface area (Å²) in [5, 5.41) is 3.56. The lowest BCUT2D eigenvalue weighted by atomic mass is 10.0. The van der Waals surface area contributed by atoms with Crippen LogP contribution in [-0.4, -0.2) is 49.1 Å². The third-order valence-electron chi connectivity index (χ3n) is 3.83. The van der Waals surface area contributed by atoms with Gasteiger partial charge in [0.25, 0.3) is 0 Å². The molecule has 1 heterocycles. The molecule has 1 aliphatic rings. The first-order valence-electron chi connectivity index (χ1n) is 7.41. The van der Waals surface area contributed by atoms with Crippen LogP contribution in [0.2, 0.25) is 0 Å². The number of hydrogen-bond acceptors (Lipinski definition) is 2. The molecule has 0 saturated carbocycles. The van der Waals surface area contributed by atoms with E-state index in [-0.39, 0.29) is 12.1 Å². The Morgan fingerprint density at radius 1 is 1.25 bits per heavy atom. The van der Waals surface area contributed by atoms with Crippen molar-refractivity contribution in [2.75, 3.05) is 33.2 Å². The smallest absolute Gasteiger partial charge is 0.319 e. The molecule has 1 fully saturated rings. The minimum atomic E-state index is 0.139. The second-order valence-corrected chi connectivity index (χ2v) is 5.57. The normalized spacial score (nSPS) is 16.9. The van der Waals surface area contributed by atoms with Crippen molar-refractivity contribution in [2.24, 2.45) is 0 Å². The Morgan fingerprint density at radius 2 is 1.95 bits per heavy atom. The van der Waals surface area contributed by atoms with E-state index in [4.69, 9.17) is 0 Å². The molecular formula is C16H25N3O. The van der Waals surface area contributed by atoms with E-state index in [1.165, 1.54) is 11.1 Å². The summed E-state index contributed by atoms with van der Waals surface area (Å²) in [6.45, 7) is 7.62. The van der Waals surface area contributed by atoms with Crippen molar-refractivity contribution >= 4 is 6.03 Å². The molecule has 1 saturated heterocycles. The third-order valence-corrected chi connectivity index (χ3v) is 3.83. The summed E-state index contributed by atoms with van der Waals surface area (Å²) in [5.41, 5.74) is 2.52. The van der Waals surface area contributed by atoms with Crippen LogP contribution in [0, 0.1) is 6.92 Å². The van der Waals surface area contributed by atoms with Crippen molar-refractivity contribution in [3.63, 3.8) is 0 Å². The number of carbonyl (C=O) groups is 1. The van der Waals surface area contributed by atoms with Crippen LogP contribution in [0.4, 0.5) is 4.79 Å². The van der Waals surface area contributed by atoms with Crippen LogP contribution in [0.15, 0.2) is 24.3 Å². The summed E-state index contributed by atoms with van der Waals surface area (Å²) in [6, 6.07) is 8.94. The van der Waals surface area contributed by atoms with Crippen LogP contribution in [0.3, 0.4) is 0 Å². The second-order valence-electron chi connectivity index (χ2n) is 5.57. The molecule has 1 aromatic rings. The van der Waals surface area contributed by atoms with Gasteiger partial charge in [-0.1, -0.05) is 36.8 Å². The molecule has 0 bridgehead atoms. The van der Waals surface area contributed by atoms with Gasteiger partial charge in [-0.15, -0.1) is 0 Å². The van der Waals surface area contributed by atoms with Crippen LogP contribution in [0.1, 0.15) is 30.5 Å². The minimum absolute atomic E-state index is 0.139. The Kier molecular flexibility index (Phi) is 5.01. The summed E-state index contributed by atoms with van der Waals surface area (Å²) in [6.07, 6.45) is 1.09. The number of nitrogens with zero attached hydrogens (tertiary/aromatic N) is 2. The number of aryl methyl sites for hydroxylation is 1. The Bertz CT molecular complexity index is 444. The number of amides is 2. The van der Waals surface area contributed by atoms with Crippen LogP contribution in [0.5, 0.6) is 0 Å². The van der Waals surface area contributed by atoms with E-state index in [0.29, 0.717) is 0 Å². The van der Waals surface area contributed by atoms with Crippen LogP contribution in [0.25, 0.3) is 0 Å². The van der Waals surface area contributed by atoms with E-state index in [2.05, 4.69) is 43.4 Å². The van der Waals surface area contributed by atoms with E-state index in [1.54, 1.807) is 4.90 Å². The molecule has 2 amide bonds. The summed E-state index contributed by atoms with van der Waals surface area (Å²) in [7, 11) is 1.86. The lowest BCUT2D eigenvalue weighted by molar-refractivity contribution is 0.194. The van der Waals surface area contributed by atoms with Crippen molar-refractivity contribution in [3.8, 4) is 0 Å². The zero-order chi connectivity index (χ0) is 14.5. The highest BCUT2D eigenvalue weighted by atomic mass is 16.2. The van der Waals surface area contributed by atoms with Gasteiger partial charge in [0.05, 0.1) is 0 Å². The summed E-state index contributed by atoms with van der Waals surface area (Å²) >= 11 is 0. The number of rotatable bonds is 6. The van der Waals surface area contributed by atoms with Gasteiger partial charge in [-0.3, -0.25) is 0 Å². The average Bonchev–Trinajstić information content (AvgIpc) is 2.76. The summed E-state index contributed by atoms with van der Waals surface area (Å²) in [4.78, 5) is 15.7. The second kappa shape index (κ2) is 6.75. The lowest BCUT2D eigenvalue weighted by Gasteiger charge is -2.25. The Morgan fingerprint density at radius 3 is 2.50 bits per heavy atom. The SMILES string of the molecule is CCCNC(CN1CCN(C)C1=O)c1ccc(C)cc1. The molecule has 0 aromatic heterocycles. The van der Waals surface area contributed by atoms with Crippen molar-refractivity contribution in [3.05, 3.63) is 35.4 Å². The summed E-state index contributed by atoms with van der Waals surface area (Å²) in [5.74, 6) is 0. The largest absolute Gasteiger partial charge is 0.326 e. The highest BCUT2D eigenvalue weighted by Gasteiger charge is 2.27. The monoisotopic (exact) mass is 275 g/mol. The van der Waals surface area contributed by atoms with Gasteiger partial charge in [0.1, 0.15) is 0 Å². The molecule has 2 rings (SSSR count). The molecule has 110 valence electrons. The number of urea groups is 1. The van der Waals surface area contributed by atoms with Crippen LogP contribution < -0.4 is 5.32 Å². The van der Waals surface area contributed by atoms with E-state index in [0.717, 1.165) is 32.6 Å². The number of benzene rings is 1. The fourth-order valence-electron chi connectivity index (χ4n) is 2.50. The van der Waals surface area contributed by atoms with Gasteiger partial charge in [0.2, 0.25) is 0 Å². The highest BCUT2D eigenvalue weighted by molar-refractivity contribution is 5.76. The lowest BCUT2D eigenvalue weighted by Crippen LogP contribution is -2.37. The number of carbonyl (C=O) groups excluding carboxylic acids is 1. The molecule has 1 unspecified atom stereocenters. The van der Waals surface area contributed by atoms with Gasteiger partial charge < -0.3 is 15.1 Å². The average molecular weight is 275 g/mol. The molecule has 1 atom stereocenters. The minimum Gasteiger partial charge on any atom is -0.326 e. The maximum absolute atomic E-state index is 12.0. The molecule has 1 aliphatic heterocycles. The van der Waals surface area contributed by atoms with Gasteiger partial charge in [0.15, 0.2) is 0 Å². The number of hydrogen-bond donors (Lipinski definition) is 1. The molecule has 4 heteroatoms. The van der Waals surface area contributed by atoms with Gasteiger partial charge >= 0.3 is 6.03 Å². The quantitative estimate of drug-likeness (QED) is 0.865. The van der Waals surface area contributed by atoms with Gasteiger partial charge in [-0.05, 0) is 25.5 Å². The third kappa shape index (κ3) is 3.51. The molecule has 0 radical (unpaired) electrons. The molecule has 1 aromatic carbocycles. The predicted molar refractivity (Wildman–Crippen MR) is 81.8 cm³/mol. The zero-order valence-corrected chi connectivity index (χ0v) is 12.7. The first-order chi connectivity index (χ1) is 9.61. The molecule has 1 N–H and O–H groups in total. The number of likely N-dealkylation sites (N-methyl/N-ethyl adjacent to an activating group) is 1. The van der Waals surface area contributed by atoms with Crippen molar-refractivity contribution in [1.82, 2.24) is 15.1 Å². The van der Waals surface area contributed by atoms with Gasteiger partial charge in [0, 0.05) is 32.7 Å². The van der Waals surface area contributed by atoms with Crippen molar-refractivity contribution < 1.29 is 4.79 Å².